The van der Waals surface area contributed by atoms with Gasteiger partial charge in [-0.3, -0.25) is 4.79 Å². The molecule has 0 radical (unpaired) electrons. The van der Waals surface area contributed by atoms with Gasteiger partial charge in [0, 0.05) is 24.8 Å². The average Bonchev–Trinajstić information content (AvgIpc) is 2.79. The second kappa shape index (κ2) is 9.41. The van der Waals surface area contributed by atoms with Crippen LogP contribution in [-0.2, 0) is 9.53 Å². The third kappa shape index (κ3) is 4.78. The molecule has 0 spiro atoms. The van der Waals surface area contributed by atoms with Crippen LogP contribution in [0.5, 0.6) is 11.5 Å². The molecule has 1 amide bonds. The van der Waals surface area contributed by atoms with Crippen LogP contribution in [0.15, 0.2) is 78.0 Å². The third-order valence-electron chi connectivity index (χ3n) is 5.15. The van der Waals surface area contributed by atoms with Crippen molar-refractivity contribution in [3.05, 3.63) is 83.6 Å². The molecule has 0 heterocycles. The van der Waals surface area contributed by atoms with E-state index in [-0.39, 0.29) is 5.91 Å². The van der Waals surface area contributed by atoms with Gasteiger partial charge in [-0.25, -0.2) is 4.79 Å². The highest BCUT2D eigenvalue weighted by Crippen LogP contribution is 2.32. The highest BCUT2D eigenvalue weighted by molar-refractivity contribution is 5.99. The van der Waals surface area contributed by atoms with E-state index in [9.17, 15) is 9.59 Å². The minimum atomic E-state index is -0.598. The summed E-state index contributed by atoms with van der Waals surface area (Å²) in [5, 5.41) is 2.88. The van der Waals surface area contributed by atoms with Crippen LogP contribution in [0.3, 0.4) is 0 Å². The lowest BCUT2D eigenvalue weighted by atomic mass is 9.87. The quantitative estimate of drug-likeness (QED) is 0.554. The number of benzene rings is 2. The van der Waals surface area contributed by atoms with E-state index in [4.69, 9.17) is 14.2 Å². The van der Waals surface area contributed by atoms with E-state index in [0.717, 1.165) is 0 Å². The van der Waals surface area contributed by atoms with Gasteiger partial charge in [-0.1, -0.05) is 31.2 Å². The lowest BCUT2D eigenvalue weighted by molar-refractivity contribution is -0.129. The molecule has 1 atom stereocenters. The fraction of sp³-hybridized carbons (Fsp3) is 0.250. The van der Waals surface area contributed by atoms with Crippen molar-refractivity contribution in [1.29, 1.82) is 0 Å². The van der Waals surface area contributed by atoms with Gasteiger partial charge in [0.25, 0.3) is 5.91 Å². The summed E-state index contributed by atoms with van der Waals surface area (Å²) in [6.07, 6.45) is 4.53. The van der Waals surface area contributed by atoms with E-state index in [2.05, 4.69) is 5.32 Å². The minimum Gasteiger partial charge on any atom is -0.497 e. The maximum atomic E-state index is 12.8. The summed E-state index contributed by atoms with van der Waals surface area (Å²) in [4.78, 5) is 25.7. The van der Waals surface area contributed by atoms with Crippen molar-refractivity contribution in [2.24, 2.45) is 0 Å². The molecule has 0 saturated carbocycles. The number of amides is 1. The van der Waals surface area contributed by atoms with Gasteiger partial charge >= 0.3 is 5.97 Å². The lowest BCUT2D eigenvalue weighted by Gasteiger charge is -2.33. The topological polar surface area (TPSA) is 73.9 Å². The maximum Gasteiger partial charge on any atom is 0.345 e. The Morgan fingerprint density at radius 1 is 1.00 bits per heavy atom. The van der Waals surface area contributed by atoms with Crippen LogP contribution in [0.4, 0.5) is 0 Å². The van der Waals surface area contributed by atoms with Gasteiger partial charge in [0.1, 0.15) is 11.5 Å². The normalized spacial score (nSPS) is 18.1. The molecule has 0 fully saturated rings. The highest BCUT2D eigenvalue weighted by atomic mass is 16.5. The monoisotopic (exact) mass is 407 g/mol. The number of carbonyl (C=O) groups excluding carboxylic acids is 2. The van der Waals surface area contributed by atoms with Gasteiger partial charge < -0.3 is 19.5 Å². The average molecular weight is 407 g/mol. The predicted molar refractivity (Wildman–Crippen MR) is 113 cm³/mol. The second-order valence-electron chi connectivity index (χ2n) is 6.91. The Morgan fingerprint density at radius 2 is 1.70 bits per heavy atom. The van der Waals surface area contributed by atoms with E-state index in [1.807, 2.05) is 19.1 Å². The number of esters is 1. The van der Waals surface area contributed by atoms with Crippen molar-refractivity contribution in [3.63, 3.8) is 0 Å². The molecular weight excluding hydrogens is 382 g/mol. The first-order valence-corrected chi connectivity index (χ1v) is 9.70. The second-order valence-corrected chi connectivity index (χ2v) is 6.91. The van der Waals surface area contributed by atoms with Gasteiger partial charge in [-0.05, 0) is 48.9 Å². The van der Waals surface area contributed by atoms with E-state index < -0.39 is 11.6 Å². The number of para-hydroxylation sites is 1. The molecule has 0 aliphatic heterocycles. The minimum absolute atomic E-state index is 0.293. The first-order valence-electron chi connectivity index (χ1n) is 9.70. The van der Waals surface area contributed by atoms with Crippen LogP contribution in [0.1, 0.15) is 30.1 Å². The van der Waals surface area contributed by atoms with Crippen molar-refractivity contribution >= 4 is 11.9 Å². The summed E-state index contributed by atoms with van der Waals surface area (Å²) in [6.45, 7) is 1.99. The van der Waals surface area contributed by atoms with Crippen LogP contribution < -0.4 is 14.8 Å². The van der Waals surface area contributed by atoms with Crippen LogP contribution in [-0.4, -0.2) is 31.7 Å². The van der Waals surface area contributed by atoms with Crippen molar-refractivity contribution in [3.8, 4) is 11.5 Å². The number of hydrogen-bond donors (Lipinski definition) is 1. The van der Waals surface area contributed by atoms with Crippen molar-refractivity contribution < 1.29 is 23.8 Å². The van der Waals surface area contributed by atoms with Gasteiger partial charge in [0.15, 0.2) is 0 Å². The molecule has 1 unspecified atom stereocenters. The summed E-state index contributed by atoms with van der Waals surface area (Å²) in [5.41, 5.74) is 0.608. The smallest absolute Gasteiger partial charge is 0.345 e. The maximum absolute atomic E-state index is 12.8. The Labute approximate surface area is 176 Å². The summed E-state index contributed by atoms with van der Waals surface area (Å²) in [7, 11) is 3.18. The molecule has 0 aromatic heterocycles. The number of hydrogen-bond acceptors (Lipinski definition) is 5. The van der Waals surface area contributed by atoms with Crippen molar-refractivity contribution in [2.45, 2.75) is 25.4 Å². The number of nitrogens with one attached hydrogen (secondary N) is 1. The molecule has 1 aliphatic rings. The van der Waals surface area contributed by atoms with E-state index in [1.165, 1.54) is 0 Å². The molecule has 0 bridgehead atoms. The summed E-state index contributed by atoms with van der Waals surface area (Å²) >= 11 is 0. The van der Waals surface area contributed by atoms with Gasteiger partial charge in [0.05, 0.1) is 18.3 Å². The molecule has 1 N–H and O–H groups in total. The molecule has 3 rings (SSSR count). The fourth-order valence-electron chi connectivity index (χ4n) is 3.22. The molecule has 156 valence electrons. The molecule has 6 heteroatoms. The molecule has 2 aromatic carbocycles. The lowest BCUT2D eigenvalue weighted by Crippen LogP contribution is -2.37. The predicted octanol–water partition coefficient (Wildman–Crippen LogP) is 4.04. The SMILES string of the molecule is CCC1(OC)C=CC(C(=O)Oc2ccccc2)=C(NC(=O)c2ccc(OC)cc2)C1. The van der Waals surface area contributed by atoms with Crippen LogP contribution in [0, 0.1) is 0 Å². The number of carbonyl (C=O) groups is 2. The molecule has 2 aromatic rings. The zero-order chi connectivity index (χ0) is 21.6. The number of ether oxygens (including phenoxy) is 3. The third-order valence-corrected chi connectivity index (χ3v) is 5.15. The van der Waals surface area contributed by atoms with Crippen LogP contribution in [0.25, 0.3) is 0 Å². The zero-order valence-electron chi connectivity index (χ0n) is 17.3. The van der Waals surface area contributed by atoms with Gasteiger partial charge in [-0.2, -0.15) is 0 Å². The molecule has 6 nitrogen and oxygen atoms in total. The zero-order valence-corrected chi connectivity index (χ0v) is 17.3. The number of methoxy groups -OCH3 is 2. The fourth-order valence-corrected chi connectivity index (χ4v) is 3.22. The van der Waals surface area contributed by atoms with E-state index in [0.29, 0.717) is 41.2 Å². The van der Waals surface area contributed by atoms with Crippen molar-refractivity contribution in [2.75, 3.05) is 14.2 Å². The molecule has 30 heavy (non-hydrogen) atoms. The standard InChI is InChI=1S/C24H25NO5/c1-4-24(29-3)15-14-20(23(27)30-19-8-6-5-7-9-19)21(16-24)25-22(26)17-10-12-18(28-2)13-11-17/h5-15H,4,16H2,1-3H3,(H,25,26). The Morgan fingerprint density at radius 3 is 2.30 bits per heavy atom. The summed E-state index contributed by atoms with van der Waals surface area (Å²) in [5.74, 6) is 0.225. The van der Waals surface area contributed by atoms with Crippen molar-refractivity contribution in [1.82, 2.24) is 5.32 Å². The van der Waals surface area contributed by atoms with E-state index in [1.54, 1.807) is 68.8 Å². The molecule has 1 aliphatic carbocycles. The Balaban J connectivity index is 1.88. The Hall–Kier alpha value is -3.38. The number of rotatable bonds is 7. The molecule has 0 saturated heterocycles. The van der Waals surface area contributed by atoms with Gasteiger partial charge in [0.2, 0.25) is 0 Å². The molecular formula is C24H25NO5. The summed E-state index contributed by atoms with van der Waals surface area (Å²) < 4.78 is 16.3. The largest absolute Gasteiger partial charge is 0.497 e. The van der Waals surface area contributed by atoms with Gasteiger partial charge in [-0.15, -0.1) is 0 Å². The Kier molecular flexibility index (Phi) is 6.69. The Bertz CT molecular complexity index is 957. The van der Waals surface area contributed by atoms with Crippen LogP contribution in [0.2, 0.25) is 0 Å². The first-order chi connectivity index (χ1) is 14.5. The summed E-state index contributed by atoms with van der Waals surface area (Å²) in [6, 6.07) is 15.6. The first kappa shape index (κ1) is 21.3. The van der Waals surface area contributed by atoms with E-state index >= 15 is 0 Å². The highest BCUT2D eigenvalue weighted by Gasteiger charge is 2.33. The van der Waals surface area contributed by atoms with Crippen LogP contribution >= 0.6 is 0 Å².